The molecule has 0 aromatic carbocycles. The molecule has 0 saturated carbocycles. The Morgan fingerprint density at radius 3 is 2.53 bits per heavy atom. The Hall–Kier alpha value is -1.01. The fraction of sp³-hybridized carbons (Fsp3) is 0.692. The number of hydrogen-bond acceptors (Lipinski definition) is 3. The van der Waals surface area contributed by atoms with Crippen LogP contribution in [0.2, 0.25) is 0 Å². The first-order chi connectivity index (χ1) is 8.99. The van der Waals surface area contributed by atoms with Crippen molar-refractivity contribution in [1.82, 2.24) is 10.2 Å². The molecular weight excluding hydrogens is 257 g/mol. The van der Waals surface area contributed by atoms with Gasteiger partial charge in [0, 0.05) is 32.6 Å². The number of halogens is 3. The highest BCUT2D eigenvalue weighted by molar-refractivity contribution is 5.11. The van der Waals surface area contributed by atoms with Crippen molar-refractivity contribution in [3.05, 3.63) is 23.7 Å². The molecule has 1 fully saturated rings. The number of piperazine rings is 1. The van der Waals surface area contributed by atoms with E-state index in [1.165, 1.54) is 0 Å². The minimum absolute atomic E-state index is 0.427. The second-order valence-corrected chi connectivity index (χ2v) is 4.78. The van der Waals surface area contributed by atoms with E-state index in [0.717, 1.165) is 18.8 Å². The van der Waals surface area contributed by atoms with Gasteiger partial charge in [-0.25, -0.2) is 0 Å². The van der Waals surface area contributed by atoms with E-state index < -0.39 is 18.6 Å². The van der Waals surface area contributed by atoms with Crippen molar-refractivity contribution in [2.24, 2.45) is 0 Å². The molecule has 0 aliphatic carbocycles. The Morgan fingerprint density at radius 2 is 2.00 bits per heavy atom. The normalized spacial score (nSPS) is 19.6. The first kappa shape index (κ1) is 14.4. The molecule has 3 nitrogen and oxygen atoms in total. The molecule has 1 saturated heterocycles. The van der Waals surface area contributed by atoms with Gasteiger partial charge in [-0.05, 0) is 12.1 Å². The number of aryl methyl sites for hydroxylation is 1. The lowest BCUT2D eigenvalue weighted by Crippen LogP contribution is -2.46. The predicted octanol–water partition coefficient (Wildman–Crippen LogP) is 2.74. The van der Waals surface area contributed by atoms with Gasteiger partial charge in [0.05, 0.1) is 12.5 Å². The second kappa shape index (κ2) is 5.96. The number of nitrogens with one attached hydrogen (secondary N) is 1. The molecule has 2 rings (SSSR count). The summed E-state index contributed by atoms with van der Waals surface area (Å²) in [6, 6.07) is 2.74. The Labute approximate surface area is 110 Å². The maximum atomic E-state index is 12.8. The molecule has 1 N–H and O–H groups in total. The van der Waals surface area contributed by atoms with Gasteiger partial charge in [0.25, 0.3) is 0 Å². The van der Waals surface area contributed by atoms with E-state index in [1.807, 2.05) is 11.8 Å². The zero-order valence-electron chi connectivity index (χ0n) is 11.0. The molecule has 0 amide bonds. The molecular formula is C13H19F3N2O. The topological polar surface area (TPSA) is 28.4 Å². The average molecular weight is 276 g/mol. The van der Waals surface area contributed by atoms with E-state index in [-0.39, 0.29) is 0 Å². The van der Waals surface area contributed by atoms with Gasteiger partial charge in [0.2, 0.25) is 0 Å². The van der Waals surface area contributed by atoms with E-state index in [2.05, 4.69) is 5.32 Å². The molecule has 1 aromatic heterocycles. The van der Waals surface area contributed by atoms with Gasteiger partial charge in [-0.15, -0.1) is 0 Å². The summed E-state index contributed by atoms with van der Waals surface area (Å²) < 4.78 is 43.8. The van der Waals surface area contributed by atoms with Crippen molar-refractivity contribution in [1.29, 1.82) is 0 Å². The second-order valence-electron chi connectivity index (χ2n) is 4.78. The summed E-state index contributed by atoms with van der Waals surface area (Å²) in [7, 11) is 0. The minimum Gasteiger partial charge on any atom is -0.464 e. The summed E-state index contributed by atoms with van der Waals surface area (Å²) in [4.78, 5) is 1.85. The van der Waals surface area contributed by atoms with Crippen LogP contribution in [0.1, 0.15) is 30.9 Å². The fourth-order valence-corrected chi connectivity index (χ4v) is 2.39. The van der Waals surface area contributed by atoms with Gasteiger partial charge in [-0.1, -0.05) is 6.92 Å². The molecule has 1 aliphatic rings. The molecule has 0 bridgehead atoms. The predicted molar refractivity (Wildman–Crippen MR) is 65.9 cm³/mol. The molecule has 0 radical (unpaired) electrons. The van der Waals surface area contributed by atoms with E-state index in [0.29, 0.717) is 25.3 Å². The maximum absolute atomic E-state index is 12.8. The standard InChI is InChI=1S/C13H19F3N2O/c1-2-10-3-4-12(19-10)11(9-13(14,15)16)18-7-5-17-6-8-18/h3-4,11,17H,2,5-9H2,1H3/t11-/m0/s1. The molecule has 19 heavy (non-hydrogen) atoms. The van der Waals surface area contributed by atoms with Crippen molar-refractivity contribution >= 4 is 0 Å². The fourth-order valence-electron chi connectivity index (χ4n) is 2.39. The molecule has 1 atom stereocenters. The number of hydrogen-bond donors (Lipinski definition) is 1. The first-order valence-electron chi connectivity index (χ1n) is 6.59. The van der Waals surface area contributed by atoms with Crippen LogP contribution in [-0.2, 0) is 6.42 Å². The third-order valence-electron chi connectivity index (χ3n) is 3.38. The highest BCUT2D eigenvalue weighted by Crippen LogP contribution is 2.34. The van der Waals surface area contributed by atoms with Crippen LogP contribution < -0.4 is 5.32 Å². The number of furan rings is 1. The first-order valence-corrected chi connectivity index (χ1v) is 6.59. The van der Waals surface area contributed by atoms with Gasteiger partial charge >= 0.3 is 6.18 Å². The minimum atomic E-state index is -4.19. The van der Waals surface area contributed by atoms with Crippen LogP contribution in [-0.4, -0.2) is 37.3 Å². The molecule has 1 aliphatic heterocycles. The summed E-state index contributed by atoms with van der Waals surface area (Å²) in [6.07, 6.45) is -4.35. The van der Waals surface area contributed by atoms with Crippen LogP contribution in [0.5, 0.6) is 0 Å². The Kier molecular flexibility index (Phi) is 4.52. The molecule has 0 unspecified atom stereocenters. The van der Waals surface area contributed by atoms with E-state index in [9.17, 15) is 13.2 Å². The van der Waals surface area contributed by atoms with Crippen molar-refractivity contribution < 1.29 is 17.6 Å². The summed E-state index contributed by atoms with van der Waals surface area (Å²) in [5.74, 6) is 1.16. The van der Waals surface area contributed by atoms with Gasteiger partial charge in [0.15, 0.2) is 0 Å². The van der Waals surface area contributed by atoms with Crippen LogP contribution in [0.4, 0.5) is 13.2 Å². The zero-order chi connectivity index (χ0) is 13.9. The molecule has 1 aromatic rings. The van der Waals surface area contributed by atoms with Crippen molar-refractivity contribution in [2.45, 2.75) is 32.0 Å². The summed E-state index contributed by atoms with van der Waals surface area (Å²) in [6.45, 7) is 4.59. The number of nitrogens with zero attached hydrogens (tertiary/aromatic N) is 1. The van der Waals surface area contributed by atoms with E-state index >= 15 is 0 Å². The third-order valence-corrected chi connectivity index (χ3v) is 3.38. The van der Waals surface area contributed by atoms with Crippen LogP contribution in [0.3, 0.4) is 0 Å². The lowest BCUT2D eigenvalue weighted by Gasteiger charge is -2.34. The van der Waals surface area contributed by atoms with Crippen LogP contribution >= 0.6 is 0 Å². The van der Waals surface area contributed by atoms with Gasteiger partial charge in [-0.3, -0.25) is 4.90 Å². The molecule has 2 heterocycles. The lowest BCUT2D eigenvalue weighted by atomic mass is 10.1. The van der Waals surface area contributed by atoms with E-state index in [4.69, 9.17) is 4.42 Å². The summed E-state index contributed by atoms with van der Waals surface area (Å²) >= 11 is 0. The summed E-state index contributed by atoms with van der Waals surface area (Å²) in [5, 5.41) is 3.15. The van der Waals surface area contributed by atoms with Crippen molar-refractivity contribution in [3.8, 4) is 0 Å². The van der Waals surface area contributed by atoms with Crippen molar-refractivity contribution in [3.63, 3.8) is 0 Å². The smallest absolute Gasteiger partial charge is 0.391 e. The zero-order valence-corrected chi connectivity index (χ0v) is 11.0. The Balaban J connectivity index is 2.17. The van der Waals surface area contributed by atoms with Gasteiger partial charge in [-0.2, -0.15) is 13.2 Å². The van der Waals surface area contributed by atoms with Gasteiger partial charge in [0.1, 0.15) is 11.5 Å². The van der Waals surface area contributed by atoms with Crippen LogP contribution in [0, 0.1) is 0 Å². The lowest BCUT2D eigenvalue weighted by molar-refractivity contribution is -0.150. The van der Waals surface area contributed by atoms with Crippen molar-refractivity contribution in [2.75, 3.05) is 26.2 Å². The van der Waals surface area contributed by atoms with Crippen LogP contribution in [0.25, 0.3) is 0 Å². The van der Waals surface area contributed by atoms with E-state index in [1.54, 1.807) is 12.1 Å². The Bertz CT molecular complexity index is 397. The quantitative estimate of drug-likeness (QED) is 0.916. The molecule has 6 heteroatoms. The molecule has 108 valence electrons. The van der Waals surface area contributed by atoms with Gasteiger partial charge < -0.3 is 9.73 Å². The monoisotopic (exact) mass is 276 g/mol. The number of rotatable bonds is 4. The SMILES string of the molecule is CCc1ccc([C@H](CC(F)(F)F)N2CCNCC2)o1. The Morgan fingerprint density at radius 1 is 1.32 bits per heavy atom. The largest absolute Gasteiger partial charge is 0.464 e. The van der Waals surface area contributed by atoms with Crippen LogP contribution in [0.15, 0.2) is 16.5 Å². The highest BCUT2D eigenvalue weighted by atomic mass is 19.4. The number of alkyl halides is 3. The third kappa shape index (κ3) is 3.98. The average Bonchev–Trinajstić information content (AvgIpc) is 2.84. The maximum Gasteiger partial charge on any atom is 0.391 e. The highest BCUT2D eigenvalue weighted by Gasteiger charge is 2.37. The summed E-state index contributed by atoms with van der Waals surface area (Å²) in [5.41, 5.74) is 0. The molecule has 0 spiro atoms.